The van der Waals surface area contributed by atoms with Gasteiger partial charge in [0.2, 0.25) is 11.8 Å². The summed E-state index contributed by atoms with van der Waals surface area (Å²) >= 11 is 0. The van der Waals surface area contributed by atoms with E-state index in [1.165, 1.54) is 0 Å². The molecule has 0 aliphatic carbocycles. The number of anilines is 2. The zero-order valence-electron chi connectivity index (χ0n) is 12.3. The van der Waals surface area contributed by atoms with E-state index in [9.17, 15) is 9.59 Å². The average Bonchev–Trinajstić information content (AvgIpc) is 3.00. The van der Waals surface area contributed by atoms with Crippen molar-refractivity contribution in [2.75, 3.05) is 23.7 Å². The van der Waals surface area contributed by atoms with E-state index >= 15 is 0 Å². The highest BCUT2D eigenvalue weighted by molar-refractivity contribution is 5.94. The van der Waals surface area contributed by atoms with Crippen molar-refractivity contribution < 1.29 is 9.59 Å². The molecular formula is C16H21N3O2. The lowest BCUT2D eigenvalue weighted by Crippen LogP contribution is -2.39. The quantitative estimate of drug-likeness (QED) is 0.894. The smallest absolute Gasteiger partial charge is 0.244 e. The van der Waals surface area contributed by atoms with Gasteiger partial charge in [-0.15, -0.1) is 0 Å². The van der Waals surface area contributed by atoms with E-state index in [4.69, 9.17) is 0 Å². The van der Waals surface area contributed by atoms with Crippen molar-refractivity contribution in [3.63, 3.8) is 0 Å². The summed E-state index contributed by atoms with van der Waals surface area (Å²) in [6, 6.07) is 5.63. The molecule has 1 aromatic carbocycles. The van der Waals surface area contributed by atoms with Crippen molar-refractivity contribution in [1.82, 2.24) is 4.90 Å². The molecule has 0 radical (unpaired) electrons. The van der Waals surface area contributed by atoms with Crippen molar-refractivity contribution in [3.8, 4) is 0 Å². The Morgan fingerprint density at radius 1 is 1.29 bits per heavy atom. The normalized spacial score (nSPS) is 18.9. The van der Waals surface area contributed by atoms with Crippen molar-refractivity contribution in [2.24, 2.45) is 0 Å². The first-order chi connectivity index (χ1) is 10.1. The van der Waals surface area contributed by atoms with Gasteiger partial charge in [0.15, 0.2) is 0 Å². The molecule has 0 saturated carbocycles. The predicted octanol–water partition coefficient (Wildman–Crippen LogP) is 1.99. The van der Waals surface area contributed by atoms with Gasteiger partial charge in [-0.25, -0.2) is 0 Å². The molecule has 2 N–H and O–H groups in total. The number of benzene rings is 1. The molecule has 1 atom stereocenters. The van der Waals surface area contributed by atoms with Crippen LogP contribution < -0.4 is 10.6 Å². The van der Waals surface area contributed by atoms with Gasteiger partial charge in [-0.1, -0.05) is 0 Å². The lowest BCUT2D eigenvalue weighted by molar-refractivity contribution is -0.130. The lowest BCUT2D eigenvalue weighted by Gasteiger charge is -2.23. The van der Waals surface area contributed by atoms with E-state index in [2.05, 4.69) is 10.6 Å². The molecule has 5 heteroatoms. The summed E-state index contributed by atoms with van der Waals surface area (Å²) in [5, 5.41) is 6.14. The first-order valence-electron chi connectivity index (χ1n) is 7.61. The zero-order chi connectivity index (χ0) is 14.8. The molecule has 0 aromatic heterocycles. The fourth-order valence-corrected chi connectivity index (χ4v) is 3.00. The Morgan fingerprint density at radius 3 is 2.81 bits per heavy atom. The number of rotatable bonds is 3. The maximum absolute atomic E-state index is 12.3. The van der Waals surface area contributed by atoms with E-state index in [1.54, 1.807) is 0 Å². The third-order valence-corrected chi connectivity index (χ3v) is 4.17. The number of aryl methyl sites for hydroxylation is 1. The Bertz CT molecular complexity index is 565. The van der Waals surface area contributed by atoms with Crippen LogP contribution in [0.1, 0.15) is 31.7 Å². The third-order valence-electron chi connectivity index (χ3n) is 4.17. The number of hydrogen-bond acceptors (Lipinski definition) is 3. The summed E-state index contributed by atoms with van der Waals surface area (Å²) in [7, 11) is 0. The Balaban J connectivity index is 1.67. The van der Waals surface area contributed by atoms with Crippen LogP contribution in [0.2, 0.25) is 0 Å². The maximum Gasteiger partial charge on any atom is 0.244 e. The number of nitrogens with one attached hydrogen (secondary N) is 2. The van der Waals surface area contributed by atoms with Gasteiger partial charge >= 0.3 is 0 Å². The third kappa shape index (κ3) is 3.01. The number of carbonyl (C=O) groups is 2. The topological polar surface area (TPSA) is 61.4 Å². The number of likely N-dealkylation sites (tertiary alicyclic amines) is 1. The summed E-state index contributed by atoms with van der Waals surface area (Å²) in [6.45, 7) is 3.66. The molecular weight excluding hydrogens is 266 g/mol. The minimum atomic E-state index is -0.223. The van der Waals surface area contributed by atoms with Gasteiger partial charge in [-0.3, -0.25) is 9.59 Å². The molecule has 2 heterocycles. The predicted molar refractivity (Wildman–Crippen MR) is 82.3 cm³/mol. The van der Waals surface area contributed by atoms with Crippen molar-refractivity contribution in [2.45, 2.75) is 38.6 Å². The Hall–Kier alpha value is -2.04. The molecule has 0 unspecified atom stereocenters. The molecule has 5 nitrogen and oxygen atoms in total. The zero-order valence-corrected chi connectivity index (χ0v) is 12.3. The molecule has 0 bridgehead atoms. The highest BCUT2D eigenvalue weighted by atomic mass is 16.2. The highest BCUT2D eigenvalue weighted by Crippen LogP contribution is 2.26. The van der Waals surface area contributed by atoms with E-state index in [0.717, 1.165) is 49.3 Å². The summed E-state index contributed by atoms with van der Waals surface area (Å²) in [4.78, 5) is 25.6. The summed E-state index contributed by atoms with van der Waals surface area (Å²) < 4.78 is 0. The SMILES string of the molecule is C[C@@H](Nc1ccc2c(c1)CCC(=O)N2)C(=O)N1CCCC1. The Morgan fingerprint density at radius 2 is 2.05 bits per heavy atom. The standard InChI is InChI=1S/C16H21N3O2/c1-11(16(21)19-8-2-3-9-19)17-13-5-6-14-12(10-13)4-7-15(20)18-14/h5-6,10-11,17H,2-4,7-9H2,1H3,(H,18,20)/t11-/m1/s1. The van der Waals surface area contributed by atoms with E-state index in [1.807, 2.05) is 30.0 Å². The first kappa shape index (κ1) is 13.9. The molecule has 2 amide bonds. The second kappa shape index (κ2) is 5.76. The number of fused-ring (bicyclic) bond motifs is 1. The van der Waals surface area contributed by atoms with Crippen LogP contribution in [0.15, 0.2) is 18.2 Å². The van der Waals surface area contributed by atoms with Crippen LogP contribution >= 0.6 is 0 Å². The van der Waals surface area contributed by atoms with Crippen molar-refractivity contribution >= 4 is 23.2 Å². The molecule has 112 valence electrons. The van der Waals surface area contributed by atoms with Gasteiger partial charge < -0.3 is 15.5 Å². The van der Waals surface area contributed by atoms with Gasteiger partial charge in [0.25, 0.3) is 0 Å². The van der Waals surface area contributed by atoms with Gasteiger partial charge in [-0.05, 0) is 49.9 Å². The molecule has 1 saturated heterocycles. The largest absolute Gasteiger partial charge is 0.374 e. The fourth-order valence-electron chi connectivity index (χ4n) is 3.00. The van der Waals surface area contributed by atoms with Crippen LogP contribution in [-0.2, 0) is 16.0 Å². The van der Waals surface area contributed by atoms with Gasteiger partial charge in [-0.2, -0.15) is 0 Å². The monoisotopic (exact) mass is 287 g/mol. The minimum Gasteiger partial charge on any atom is -0.374 e. The molecule has 1 aromatic rings. The lowest BCUT2D eigenvalue weighted by atomic mass is 10.0. The van der Waals surface area contributed by atoms with Crippen LogP contribution in [0.25, 0.3) is 0 Å². The molecule has 0 spiro atoms. The van der Waals surface area contributed by atoms with Crippen LogP contribution in [0.3, 0.4) is 0 Å². The molecule has 2 aliphatic heterocycles. The van der Waals surface area contributed by atoms with E-state index < -0.39 is 0 Å². The summed E-state index contributed by atoms with van der Waals surface area (Å²) in [5.74, 6) is 0.235. The van der Waals surface area contributed by atoms with Crippen LogP contribution in [0.5, 0.6) is 0 Å². The minimum absolute atomic E-state index is 0.0702. The maximum atomic E-state index is 12.3. The van der Waals surface area contributed by atoms with Crippen molar-refractivity contribution in [3.05, 3.63) is 23.8 Å². The summed E-state index contributed by atoms with van der Waals surface area (Å²) in [5.41, 5.74) is 2.95. The van der Waals surface area contributed by atoms with Crippen LogP contribution in [0, 0.1) is 0 Å². The van der Waals surface area contributed by atoms with Crippen LogP contribution in [-0.4, -0.2) is 35.8 Å². The highest BCUT2D eigenvalue weighted by Gasteiger charge is 2.23. The van der Waals surface area contributed by atoms with Gasteiger partial charge in [0.1, 0.15) is 6.04 Å². The number of amides is 2. The fraction of sp³-hybridized carbons (Fsp3) is 0.500. The Kier molecular flexibility index (Phi) is 3.82. The summed E-state index contributed by atoms with van der Waals surface area (Å²) in [6.07, 6.45) is 3.50. The van der Waals surface area contributed by atoms with Crippen LogP contribution in [0.4, 0.5) is 11.4 Å². The number of nitrogens with zero attached hydrogens (tertiary/aromatic N) is 1. The van der Waals surface area contributed by atoms with Crippen molar-refractivity contribution in [1.29, 1.82) is 0 Å². The molecule has 3 rings (SSSR count). The first-order valence-corrected chi connectivity index (χ1v) is 7.61. The average molecular weight is 287 g/mol. The molecule has 2 aliphatic rings. The Labute approximate surface area is 124 Å². The van der Waals surface area contributed by atoms with E-state index in [-0.39, 0.29) is 17.9 Å². The number of carbonyl (C=O) groups excluding carboxylic acids is 2. The van der Waals surface area contributed by atoms with E-state index in [0.29, 0.717) is 6.42 Å². The van der Waals surface area contributed by atoms with Gasteiger partial charge in [0.05, 0.1) is 0 Å². The molecule has 21 heavy (non-hydrogen) atoms. The van der Waals surface area contributed by atoms with Gasteiger partial charge in [0, 0.05) is 30.9 Å². The molecule has 1 fully saturated rings. The second-order valence-electron chi connectivity index (χ2n) is 5.82. The number of hydrogen-bond donors (Lipinski definition) is 2. The second-order valence-corrected chi connectivity index (χ2v) is 5.82.